The highest BCUT2D eigenvalue weighted by Gasteiger charge is 2.21. The van der Waals surface area contributed by atoms with Gasteiger partial charge in [0.05, 0.1) is 12.0 Å². The minimum atomic E-state index is -1.16. The number of carboxylic acid groups (broad SMARTS) is 1. The van der Waals surface area contributed by atoms with Gasteiger partial charge >= 0.3 is 0 Å². The Morgan fingerprint density at radius 3 is 1.48 bits per heavy atom. The van der Waals surface area contributed by atoms with Crippen LogP contribution in [-0.4, -0.2) is 32.1 Å². The number of carbonyl (C=O) groups excluding carboxylic acids is 1. The van der Waals surface area contributed by atoms with Gasteiger partial charge in [-0.3, -0.25) is 0 Å². The SMILES string of the molecule is CCCCCCCCCCCCCCCCCCN(CC)c1ccc2c(-c3ccccc3C(=O)[O-])c3ccc(=[N+](CC)CCCCCCCCCCCCCCCCCC)cc-3oc2c1. The average Bonchev–Trinajstić information content (AvgIpc) is 3.32. The van der Waals surface area contributed by atoms with Crippen molar-refractivity contribution in [3.63, 3.8) is 0 Å². The monoisotopic (exact) mass is 891 g/mol. The van der Waals surface area contributed by atoms with Gasteiger partial charge in [0.1, 0.15) is 24.4 Å². The van der Waals surface area contributed by atoms with Crippen molar-refractivity contribution in [1.29, 1.82) is 0 Å². The summed E-state index contributed by atoms with van der Waals surface area (Å²) in [6.07, 6.45) is 44.0. The maximum Gasteiger partial charge on any atom is 0.203 e. The molecule has 0 N–H and O–H groups in total. The number of carbonyl (C=O) groups is 1. The summed E-state index contributed by atoms with van der Waals surface area (Å²) in [5.41, 5.74) is 4.61. The molecule has 0 saturated heterocycles. The summed E-state index contributed by atoms with van der Waals surface area (Å²) < 4.78 is 9.30. The van der Waals surface area contributed by atoms with E-state index in [9.17, 15) is 9.90 Å². The molecule has 0 fully saturated rings. The van der Waals surface area contributed by atoms with Crippen molar-refractivity contribution in [2.75, 3.05) is 31.1 Å². The van der Waals surface area contributed by atoms with Gasteiger partial charge in [-0.05, 0) is 50.5 Å². The van der Waals surface area contributed by atoms with Gasteiger partial charge in [-0.25, -0.2) is 4.58 Å². The molecule has 4 rings (SSSR count). The lowest BCUT2D eigenvalue weighted by Gasteiger charge is -2.24. The van der Waals surface area contributed by atoms with E-state index in [2.05, 4.69) is 73.6 Å². The first-order valence-electron chi connectivity index (χ1n) is 27.7. The molecular weight excluding hydrogens is 797 g/mol. The van der Waals surface area contributed by atoms with E-state index in [0.29, 0.717) is 5.56 Å². The number of carboxylic acids is 1. The van der Waals surface area contributed by atoms with Crippen molar-refractivity contribution in [2.45, 2.75) is 233 Å². The third-order valence-corrected chi connectivity index (χ3v) is 14.2. The lowest BCUT2D eigenvalue weighted by molar-refractivity contribution is -0.254. The van der Waals surface area contributed by atoms with E-state index in [1.165, 1.54) is 205 Å². The number of anilines is 1. The van der Waals surface area contributed by atoms with Crippen LogP contribution in [0.4, 0.5) is 5.69 Å². The van der Waals surface area contributed by atoms with Crippen molar-refractivity contribution in [1.82, 2.24) is 4.58 Å². The van der Waals surface area contributed by atoms with E-state index in [-0.39, 0.29) is 5.56 Å². The summed E-state index contributed by atoms with van der Waals surface area (Å²) in [4.78, 5) is 14.9. The van der Waals surface area contributed by atoms with Gasteiger partial charge in [0.2, 0.25) is 5.36 Å². The summed E-state index contributed by atoms with van der Waals surface area (Å²) in [5, 5.41) is 14.5. The summed E-state index contributed by atoms with van der Waals surface area (Å²) in [6, 6.07) is 20.3. The topological polar surface area (TPSA) is 59.5 Å². The molecule has 2 aromatic carbocycles. The molecule has 0 amide bonds. The standard InChI is InChI=1S/C60H94N2O3/c1-5-9-11-13-15-17-19-21-23-25-27-29-31-33-35-39-47-61(7-3)51-43-45-55-57(49-51)65-58-50-52(44-46-56(58)59(55)53-41-37-38-42-54(53)60(63)64)62(8-4)48-40-36-34-32-30-28-26-24-22-20-18-16-14-12-10-6-2/h37-38,41-46,49-50H,5-36,39-40,47-48H2,1-4H3. The molecule has 1 aliphatic carbocycles. The zero-order valence-corrected chi connectivity index (χ0v) is 42.3. The van der Waals surface area contributed by atoms with Gasteiger partial charge in [0, 0.05) is 59.4 Å². The van der Waals surface area contributed by atoms with Crippen molar-refractivity contribution >= 4 is 22.6 Å². The van der Waals surface area contributed by atoms with Gasteiger partial charge < -0.3 is 19.2 Å². The summed E-state index contributed by atoms with van der Waals surface area (Å²) in [7, 11) is 0. The van der Waals surface area contributed by atoms with E-state index in [1.54, 1.807) is 12.1 Å². The molecule has 0 spiro atoms. The number of nitrogens with zero attached hydrogens (tertiary/aromatic N) is 2. The van der Waals surface area contributed by atoms with Gasteiger partial charge in [-0.2, -0.15) is 0 Å². The molecule has 362 valence electrons. The van der Waals surface area contributed by atoms with Crippen LogP contribution >= 0.6 is 0 Å². The van der Waals surface area contributed by atoms with Gasteiger partial charge in [-0.15, -0.1) is 0 Å². The lowest BCUT2D eigenvalue weighted by atomic mass is 9.90. The second-order valence-corrected chi connectivity index (χ2v) is 19.4. The molecule has 1 aliphatic heterocycles. The molecule has 0 aromatic heterocycles. The van der Waals surface area contributed by atoms with Crippen LogP contribution in [-0.2, 0) is 0 Å². The average molecular weight is 891 g/mol. The summed E-state index contributed by atoms with van der Waals surface area (Å²) in [5.74, 6) is -0.385. The Hall–Kier alpha value is -3.60. The maximum atomic E-state index is 12.5. The number of hydrogen-bond acceptors (Lipinski definition) is 4. The van der Waals surface area contributed by atoms with Crippen molar-refractivity contribution in [3.05, 3.63) is 71.6 Å². The Kier molecular flexibility index (Phi) is 28.1. The Morgan fingerprint density at radius 1 is 0.523 bits per heavy atom. The van der Waals surface area contributed by atoms with Crippen LogP contribution in [0.5, 0.6) is 0 Å². The fraction of sp³-hybridized carbons (Fsp3) is 0.667. The third-order valence-electron chi connectivity index (χ3n) is 14.2. The van der Waals surface area contributed by atoms with Crippen LogP contribution in [0.15, 0.2) is 65.1 Å². The van der Waals surface area contributed by atoms with E-state index in [0.717, 1.165) is 65.1 Å². The maximum absolute atomic E-state index is 12.5. The first-order valence-corrected chi connectivity index (χ1v) is 27.7. The lowest BCUT2D eigenvalue weighted by Crippen LogP contribution is -2.30. The minimum absolute atomic E-state index is 0.201. The Balaban J connectivity index is 1.32. The molecule has 65 heavy (non-hydrogen) atoms. The van der Waals surface area contributed by atoms with Crippen LogP contribution < -0.4 is 19.9 Å². The molecule has 0 atom stereocenters. The quantitative estimate of drug-likeness (QED) is 0.0254. The Bertz CT molecular complexity index is 1890. The van der Waals surface area contributed by atoms with E-state index < -0.39 is 5.97 Å². The van der Waals surface area contributed by atoms with Crippen molar-refractivity contribution in [3.8, 4) is 22.5 Å². The van der Waals surface area contributed by atoms with Gasteiger partial charge in [-0.1, -0.05) is 224 Å². The molecule has 0 radical (unpaired) electrons. The predicted molar refractivity (Wildman–Crippen MR) is 280 cm³/mol. The largest absolute Gasteiger partial charge is 0.545 e. The number of unbranched alkanes of at least 4 members (excludes halogenated alkanes) is 30. The summed E-state index contributed by atoms with van der Waals surface area (Å²) >= 11 is 0. The number of fused-ring (bicyclic) bond motifs is 2. The molecule has 5 heteroatoms. The molecule has 0 unspecified atom stereocenters. The van der Waals surface area contributed by atoms with Crippen LogP contribution in [0.2, 0.25) is 0 Å². The molecular formula is C60H94N2O3. The highest BCUT2D eigenvalue weighted by molar-refractivity contribution is 6.07. The van der Waals surface area contributed by atoms with Crippen LogP contribution in [0, 0.1) is 0 Å². The van der Waals surface area contributed by atoms with Crippen LogP contribution in [0.1, 0.15) is 244 Å². The van der Waals surface area contributed by atoms with E-state index in [4.69, 9.17) is 4.42 Å². The number of rotatable bonds is 39. The second-order valence-electron chi connectivity index (χ2n) is 19.4. The van der Waals surface area contributed by atoms with Crippen molar-refractivity contribution in [2.24, 2.45) is 0 Å². The van der Waals surface area contributed by atoms with Crippen LogP contribution in [0.25, 0.3) is 33.4 Å². The third kappa shape index (κ3) is 20.0. The Labute approximate surface area is 398 Å². The highest BCUT2D eigenvalue weighted by Crippen LogP contribution is 2.42. The minimum Gasteiger partial charge on any atom is -0.545 e. The van der Waals surface area contributed by atoms with Gasteiger partial charge in [0.15, 0.2) is 0 Å². The molecule has 5 nitrogen and oxygen atoms in total. The number of benzene rings is 3. The molecule has 2 aliphatic rings. The van der Waals surface area contributed by atoms with E-state index in [1.807, 2.05) is 12.1 Å². The van der Waals surface area contributed by atoms with Gasteiger partial charge in [0.25, 0.3) is 0 Å². The van der Waals surface area contributed by atoms with Crippen LogP contribution in [0.3, 0.4) is 0 Å². The fourth-order valence-corrected chi connectivity index (χ4v) is 10.1. The first kappa shape index (κ1) is 54.0. The Morgan fingerprint density at radius 2 is 1.00 bits per heavy atom. The zero-order valence-electron chi connectivity index (χ0n) is 42.3. The predicted octanol–water partition coefficient (Wildman–Crippen LogP) is 16.7. The fourth-order valence-electron chi connectivity index (χ4n) is 10.1. The normalized spacial score (nSPS) is 12.1. The summed E-state index contributed by atoms with van der Waals surface area (Å²) in [6.45, 7) is 12.9. The molecule has 1 heterocycles. The van der Waals surface area contributed by atoms with Crippen molar-refractivity contribution < 1.29 is 14.3 Å². The smallest absolute Gasteiger partial charge is 0.203 e. The zero-order chi connectivity index (χ0) is 46.2. The second kappa shape index (κ2) is 33.8. The number of aromatic carboxylic acids is 1. The first-order chi connectivity index (χ1) is 32.0. The molecule has 0 bridgehead atoms. The van der Waals surface area contributed by atoms with E-state index >= 15 is 0 Å². The molecule has 0 saturated carbocycles. The number of hydrogen-bond donors (Lipinski definition) is 0. The molecule has 2 aromatic rings. The highest BCUT2D eigenvalue weighted by atomic mass is 16.4.